The minimum atomic E-state index is -4.46. The number of rotatable bonds is 7. The molecule has 0 saturated carbocycles. The predicted octanol–water partition coefficient (Wildman–Crippen LogP) is 7.68. The van der Waals surface area contributed by atoms with E-state index in [4.69, 9.17) is 0 Å². The number of likely N-dealkylation sites (tertiary alicyclic amines) is 1. The topological polar surface area (TPSA) is 82.6 Å². The number of amides is 3. The second-order valence-corrected chi connectivity index (χ2v) is 11.8. The molecule has 1 fully saturated rings. The Bertz CT molecular complexity index is 1960. The van der Waals surface area contributed by atoms with Crippen molar-refractivity contribution in [3.63, 3.8) is 0 Å². The second kappa shape index (κ2) is 13.7. The van der Waals surface area contributed by atoms with Gasteiger partial charge in [0.2, 0.25) is 5.91 Å². The van der Waals surface area contributed by atoms with Gasteiger partial charge in [-0.1, -0.05) is 60.7 Å². The van der Waals surface area contributed by atoms with Gasteiger partial charge < -0.3 is 10.2 Å². The van der Waals surface area contributed by atoms with E-state index in [1.54, 1.807) is 61.6 Å². The molecule has 5 aromatic rings. The highest BCUT2D eigenvalue weighted by molar-refractivity contribution is 6.10. The molecule has 1 atom stereocenters. The van der Waals surface area contributed by atoms with Crippen LogP contribution in [0.15, 0.2) is 109 Å². The fourth-order valence-corrected chi connectivity index (χ4v) is 5.93. The maximum absolute atomic E-state index is 13.7. The van der Waals surface area contributed by atoms with Gasteiger partial charge in [-0.3, -0.25) is 19.3 Å². The van der Waals surface area contributed by atoms with Crippen LogP contribution in [0.4, 0.5) is 19.0 Å². The average molecular weight is 651 g/mol. The van der Waals surface area contributed by atoms with Crippen molar-refractivity contribution < 1.29 is 27.6 Å². The summed E-state index contributed by atoms with van der Waals surface area (Å²) in [6.45, 7) is 1.33. The quantitative estimate of drug-likeness (QED) is 0.196. The number of pyridine rings is 1. The minimum Gasteiger partial charge on any atom is -0.341 e. The number of hydrogen-bond acceptors (Lipinski definition) is 4. The second-order valence-electron chi connectivity index (χ2n) is 11.8. The van der Waals surface area contributed by atoms with Crippen molar-refractivity contribution in [2.45, 2.75) is 31.5 Å². The first-order chi connectivity index (χ1) is 23.1. The molecule has 1 aliphatic heterocycles. The number of piperidine rings is 1. The predicted molar refractivity (Wildman–Crippen MR) is 178 cm³/mol. The molecule has 4 aromatic carbocycles. The fraction of sp³-hybridized carbons (Fsp3) is 0.211. The summed E-state index contributed by atoms with van der Waals surface area (Å²) >= 11 is 0. The lowest BCUT2D eigenvalue weighted by Gasteiger charge is -2.31. The Balaban J connectivity index is 1.21. The Hall–Kier alpha value is -5.51. The van der Waals surface area contributed by atoms with Crippen LogP contribution >= 0.6 is 0 Å². The molecule has 1 aliphatic rings. The maximum atomic E-state index is 13.7. The van der Waals surface area contributed by atoms with Gasteiger partial charge in [0.1, 0.15) is 11.9 Å². The highest BCUT2D eigenvalue weighted by atomic mass is 19.4. The molecule has 2 heterocycles. The number of halogens is 3. The van der Waals surface area contributed by atoms with Gasteiger partial charge in [-0.05, 0) is 84.5 Å². The van der Waals surface area contributed by atoms with E-state index in [2.05, 4.69) is 10.3 Å². The summed E-state index contributed by atoms with van der Waals surface area (Å²) in [5, 5.41) is 3.61. The SMILES string of the molecule is CN(C(=O)c1ccccc1-c1ccc(C(F)(F)F)cc1)c1ccc2cc(C(=O)N[C@H](C(=O)N3CCCCC3)c3ccccc3)ccc2n1. The molecule has 244 valence electrons. The first-order valence-corrected chi connectivity index (χ1v) is 15.7. The summed E-state index contributed by atoms with van der Waals surface area (Å²) in [6, 6.07) is 28.2. The maximum Gasteiger partial charge on any atom is 0.416 e. The van der Waals surface area contributed by atoms with E-state index in [1.807, 2.05) is 35.2 Å². The van der Waals surface area contributed by atoms with Crippen molar-refractivity contribution in [3.05, 3.63) is 131 Å². The molecule has 0 radical (unpaired) electrons. The number of benzene rings is 4. The smallest absolute Gasteiger partial charge is 0.341 e. The Morgan fingerprint density at radius 1 is 0.812 bits per heavy atom. The number of anilines is 1. The van der Waals surface area contributed by atoms with E-state index >= 15 is 0 Å². The first kappa shape index (κ1) is 32.4. The summed E-state index contributed by atoms with van der Waals surface area (Å²) in [5.74, 6) is -0.567. The van der Waals surface area contributed by atoms with Crippen LogP contribution in [0.2, 0.25) is 0 Å². The summed E-state index contributed by atoms with van der Waals surface area (Å²) in [7, 11) is 1.57. The van der Waals surface area contributed by atoms with Crippen molar-refractivity contribution in [2.75, 3.05) is 25.0 Å². The zero-order chi connectivity index (χ0) is 33.8. The van der Waals surface area contributed by atoms with Crippen LogP contribution < -0.4 is 10.2 Å². The molecule has 3 amide bonds. The molecule has 1 saturated heterocycles. The van der Waals surface area contributed by atoms with E-state index in [-0.39, 0.29) is 5.91 Å². The van der Waals surface area contributed by atoms with E-state index in [0.717, 1.165) is 31.4 Å². The van der Waals surface area contributed by atoms with Gasteiger partial charge in [-0.15, -0.1) is 0 Å². The van der Waals surface area contributed by atoms with Gasteiger partial charge in [0, 0.05) is 36.7 Å². The number of fused-ring (bicyclic) bond motifs is 1. The largest absolute Gasteiger partial charge is 0.416 e. The highest BCUT2D eigenvalue weighted by Crippen LogP contribution is 2.32. The third-order valence-corrected chi connectivity index (χ3v) is 8.59. The Morgan fingerprint density at radius 3 is 2.21 bits per heavy atom. The normalized spacial score (nSPS) is 14.0. The molecule has 1 aromatic heterocycles. The van der Waals surface area contributed by atoms with Crippen molar-refractivity contribution in [2.24, 2.45) is 0 Å². The summed E-state index contributed by atoms with van der Waals surface area (Å²) in [4.78, 5) is 48.5. The lowest BCUT2D eigenvalue weighted by Crippen LogP contribution is -2.45. The van der Waals surface area contributed by atoms with Crippen molar-refractivity contribution in [1.82, 2.24) is 15.2 Å². The Morgan fingerprint density at radius 2 is 1.50 bits per heavy atom. The first-order valence-electron chi connectivity index (χ1n) is 15.7. The molecule has 0 aliphatic carbocycles. The van der Waals surface area contributed by atoms with Gasteiger partial charge in [-0.25, -0.2) is 4.98 Å². The van der Waals surface area contributed by atoms with Crippen LogP contribution in [0, 0.1) is 0 Å². The molecular formula is C38H33F3N4O3. The number of nitrogens with zero attached hydrogens (tertiary/aromatic N) is 3. The van der Waals surface area contributed by atoms with Crippen LogP contribution in [0.5, 0.6) is 0 Å². The minimum absolute atomic E-state index is 0.131. The van der Waals surface area contributed by atoms with Gasteiger partial charge in [0.05, 0.1) is 11.1 Å². The third kappa shape index (κ3) is 6.92. The van der Waals surface area contributed by atoms with E-state index in [1.165, 1.54) is 17.0 Å². The van der Waals surface area contributed by atoms with Crippen LogP contribution in [-0.4, -0.2) is 47.7 Å². The average Bonchev–Trinajstić information content (AvgIpc) is 3.12. The summed E-state index contributed by atoms with van der Waals surface area (Å²) in [6.07, 6.45) is -1.50. The van der Waals surface area contributed by atoms with Crippen molar-refractivity contribution in [1.29, 1.82) is 0 Å². The van der Waals surface area contributed by atoms with Crippen LogP contribution in [0.25, 0.3) is 22.0 Å². The van der Waals surface area contributed by atoms with Crippen LogP contribution in [0.3, 0.4) is 0 Å². The monoisotopic (exact) mass is 650 g/mol. The van der Waals surface area contributed by atoms with Gasteiger partial charge in [0.15, 0.2) is 0 Å². The van der Waals surface area contributed by atoms with E-state index < -0.39 is 29.6 Å². The standard InChI is InChI=1S/C38H33F3N4O3/c1-44(36(47)31-13-7-6-12-30(31)25-14-18-29(19-15-25)38(39,40)41)33-21-17-27-24-28(16-20-32(27)42-33)35(46)43-34(26-10-4-2-5-11-26)37(48)45-22-8-3-9-23-45/h2,4-7,10-21,24,34H,3,8-9,22-23H2,1H3,(H,43,46)/t34-/m0/s1. The molecular weight excluding hydrogens is 617 g/mol. The molecule has 7 nitrogen and oxygen atoms in total. The van der Waals surface area contributed by atoms with Crippen LogP contribution in [-0.2, 0) is 11.0 Å². The Kier molecular flexibility index (Phi) is 9.25. The van der Waals surface area contributed by atoms with E-state index in [9.17, 15) is 27.6 Å². The third-order valence-electron chi connectivity index (χ3n) is 8.59. The number of aromatic nitrogens is 1. The lowest BCUT2D eigenvalue weighted by molar-refractivity contribution is -0.137. The number of carbonyl (C=O) groups excluding carboxylic acids is 3. The molecule has 0 spiro atoms. The van der Waals surface area contributed by atoms with Gasteiger partial charge >= 0.3 is 6.18 Å². The molecule has 1 N–H and O–H groups in total. The number of alkyl halides is 3. The number of hydrogen-bond donors (Lipinski definition) is 1. The van der Waals surface area contributed by atoms with Gasteiger partial charge in [0.25, 0.3) is 11.8 Å². The van der Waals surface area contributed by atoms with E-state index in [0.29, 0.717) is 57.6 Å². The number of carbonyl (C=O) groups is 3. The molecule has 0 bridgehead atoms. The molecule has 10 heteroatoms. The lowest BCUT2D eigenvalue weighted by atomic mass is 9.98. The molecule has 48 heavy (non-hydrogen) atoms. The zero-order valence-corrected chi connectivity index (χ0v) is 26.2. The zero-order valence-electron chi connectivity index (χ0n) is 26.2. The van der Waals surface area contributed by atoms with Crippen LogP contribution in [0.1, 0.15) is 57.1 Å². The molecule has 6 rings (SSSR count). The summed E-state index contributed by atoms with van der Waals surface area (Å²) in [5.41, 5.74) is 2.12. The summed E-state index contributed by atoms with van der Waals surface area (Å²) < 4.78 is 39.3. The highest BCUT2D eigenvalue weighted by Gasteiger charge is 2.31. The van der Waals surface area contributed by atoms with Crippen molar-refractivity contribution >= 4 is 34.4 Å². The number of nitrogens with one attached hydrogen (secondary N) is 1. The Labute approximate surface area is 276 Å². The molecule has 0 unspecified atom stereocenters. The van der Waals surface area contributed by atoms with Gasteiger partial charge in [-0.2, -0.15) is 13.2 Å². The fourth-order valence-electron chi connectivity index (χ4n) is 5.93. The van der Waals surface area contributed by atoms with Crippen molar-refractivity contribution in [3.8, 4) is 11.1 Å².